The topological polar surface area (TPSA) is 15.3 Å². The van der Waals surface area contributed by atoms with E-state index in [2.05, 4.69) is 24.1 Å². The van der Waals surface area contributed by atoms with Gasteiger partial charge >= 0.3 is 0 Å². The molecule has 0 spiro atoms. The lowest BCUT2D eigenvalue weighted by Gasteiger charge is -2.43. The lowest BCUT2D eigenvalue weighted by Crippen LogP contribution is -2.48. The normalized spacial score (nSPS) is 36.0. The summed E-state index contributed by atoms with van der Waals surface area (Å²) in [6.45, 7) is 7.25. The van der Waals surface area contributed by atoms with Crippen LogP contribution in [0.15, 0.2) is 0 Å². The van der Waals surface area contributed by atoms with E-state index in [4.69, 9.17) is 0 Å². The van der Waals surface area contributed by atoms with E-state index in [1.165, 1.54) is 64.5 Å². The lowest BCUT2D eigenvalue weighted by atomic mass is 9.88. The van der Waals surface area contributed by atoms with Crippen molar-refractivity contribution in [1.82, 2.24) is 10.2 Å². The van der Waals surface area contributed by atoms with Crippen molar-refractivity contribution in [2.75, 3.05) is 13.1 Å². The molecular weight excluding hydrogens is 208 g/mol. The molecule has 2 heteroatoms. The molecular formula is C15H30N2. The summed E-state index contributed by atoms with van der Waals surface area (Å²) in [7, 11) is 0. The number of rotatable bonds is 4. The van der Waals surface area contributed by atoms with Crippen molar-refractivity contribution in [3.63, 3.8) is 0 Å². The third-order valence-corrected chi connectivity index (χ3v) is 4.70. The third-order valence-electron chi connectivity index (χ3n) is 4.70. The summed E-state index contributed by atoms with van der Waals surface area (Å²) in [4.78, 5) is 2.81. The SMILES string of the molecule is CCCNC1CCC(N2CCCCC2C)CC1. The molecule has 1 saturated carbocycles. The first-order valence-electron chi connectivity index (χ1n) is 7.80. The number of piperidine rings is 1. The van der Waals surface area contributed by atoms with Crippen molar-refractivity contribution in [3.8, 4) is 0 Å². The highest BCUT2D eigenvalue weighted by Gasteiger charge is 2.29. The maximum absolute atomic E-state index is 3.69. The van der Waals surface area contributed by atoms with Gasteiger partial charge in [0.15, 0.2) is 0 Å². The molecule has 1 saturated heterocycles. The van der Waals surface area contributed by atoms with Crippen LogP contribution in [0.5, 0.6) is 0 Å². The van der Waals surface area contributed by atoms with Crippen LogP contribution < -0.4 is 5.32 Å². The van der Waals surface area contributed by atoms with Crippen LogP contribution in [0.2, 0.25) is 0 Å². The summed E-state index contributed by atoms with van der Waals surface area (Å²) in [5.74, 6) is 0. The molecule has 1 aliphatic carbocycles. The first-order valence-corrected chi connectivity index (χ1v) is 7.80. The Morgan fingerprint density at radius 1 is 1.06 bits per heavy atom. The zero-order chi connectivity index (χ0) is 12.1. The van der Waals surface area contributed by atoms with Gasteiger partial charge < -0.3 is 5.32 Å². The van der Waals surface area contributed by atoms with Gasteiger partial charge in [-0.05, 0) is 65.0 Å². The van der Waals surface area contributed by atoms with Crippen LogP contribution in [-0.4, -0.2) is 36.1 Å². The quantitative estimate of drug-likeness (QED) is 0.809. The number of nitrogens with zero attached hydrogens (tertiary/aromatic N) is 1. The van der Waals surface area contributed by atoms with Gasteiger partial charge in [0.05, 0.1) is 0 Å². The van der Waals surface area contributed by atoms with Gasteiger partial charge in [0.25, 0.3) is 0 Å². The average molecular weight is 238 g/mol. The van der Waals surface area contributed by atoms with Crippen LogP contribution in [-0.2, 0) is 0 Å². The van der Waals surface area contributed by atoms with E-state index in [9.17, 15) is 0 Å². The molecule has 2 aliphatic rings. The van der Waals surface area contributed by atoms with Crippen LogP contribution in [0.4, 0.5) is 0 Å². The zero-order valence-corrected chi connectivity index (χ0v) is 11.8. The van der Waals surface area contributed by atoms with Gasteiger partial charge in [-0.3, -0.25) is 4.90 Å². The van der Waals surface area contributed by atoms with Crippen molar-refractivity contribution < 1.29 is 0 Å². The molecule has 1 heterocycles. The highest BCUT2D eigenvalue weighted by molar-refractivity contribution is 4.86. The monoisotopic (exact) mass is 238 g/mol. The van der Waals surface area contributed by atoms with Crippen LogP contribution in [0.25, 0.3) is 0 Å². The Morgan fingerprint density at radius 2 is 1.82 bits per heavy atom. The molecule has 0 aromatic heterocycles. The Hall–Kier alpha value is -0.0800. The van der Waals surface area contributed by atoms with Gasteiger partial charge in [-0.25, -0.2) is 0 Å². The molecule has 1 aliphatic heterocycles. The first-order chi connectivity index (χ1) is 8.31. The summed E-state index contributed by atoms with van der Waals surface area (Å²) in [5, 5.41) is 3.69. The fourth-order valence-electron chi connectivity index (χ4n) is 3.62. The Balaban J connectivity index is 1.74. The molecule has 100 valence electrons. The van der Waals surface area contributed by atoms with Gasteiger partial charge in [0.1, 0.15) is 0 Å². The second-order valence-electron chi connectivity index (χ2n) is 6.04. The van der Waals surface area contributed by atoms with Crippen molar-refractivity contribution in [2.24, 2.45) is 0 Å². The molecule has 2 rings (SSSR count). The van der Waals surface area contributed by atoms with E-state index in [1.807, 2.05) is 0 Å². The molecule has 0 radical (unpaired) electrons. The zero-order valence-electron chi connectivity index (χ0n) is 11.8. The maximum Gasteiger partial charge on any atom is 0.00992 e. The van der Waals surface area contributed by atoms with Gasteiger partial charge in [0, 0.05) is 18.1 Å². The van der Waals surface area contributed by atoms with Gasteiger partial charge in [0.2, 0.25) is 0 Å². The van der Waals surface area contributed by atoms with Crippen molar-refractivity contribution in [2.45, 2.75) is 83.3 Å². The van der Waals surface area contributed by atoms with E-state index in [-0.39, 0.29) is 0 Å². The molecule has 0 bridgehead atoms. The Bertz CT molecular complexity index is 209. The molecule has 1 atom stereocenters. The van der Waals surface area contributed by atoms with Crippen LogP contribution >= 0.6 is 0 Å². The molecule has 17 heavy (non-hydrogen) atoms. The lowest BCUT2D eigenvalue weighted by molar-refractivity contribution is 0.0756. The molecule has 2 nitrogen and oxygen atoms in total. The molecule has 0 aromatic carbocycles. The molecule has 0 aromatic rings. The number of nitrogens with one attached hydrogen (secondary N) is 1. The molecule has 1 unspecified atom stereocenters. The highest BCUT2D eigenvalue weighted by Crippen LogP contribution is 2.28. The molecule has 1 N–H and O–H groups in total. The minimum Gasteiger partial charge on any atom is -0.314 e. The van der Waals surface area contributed by atoms with Gasteiger partial charge in [-0.2, -0.15) is 0 Å². The second-order valence-corrected chi connectivity index (χ2v) is 6.04. The van der Waals surface area contributed by atoms with E-state index < -0.39 is 0 Å². The Kier molecular flexibility index (Phi) is 5.30. The molecule has 0 amide bonds. The van der Waals surface area contributed by atoms with Crippen molar-refractivity contribution in [1.29, 1.82) is 0 Å². The smallest absolute Gasteiger partial charge is 0.00992 e. The first kappa shape index (κ1) is 13.4. The standard InChI is InChI=1S/C15H30N2/c1-3-11-16-14-7-9-15(10-8-14)17-12-5-4-6-13(17)2/h13-16H,3-12H2,1-2H3. The predicted octanol–water partition coefficient (Wildman–Crippen LogP) is 3.17. The van der Waals surface area contributed by atoms with Crippen LogP contribution in [0.3, 0.4) is 0 Å². The van der Waals surface area contributed by atoms with Crippen LogP contribution in [0.1, 0.15) is 65.2 Å². The van der Waals surface area contributed by atoms with Gasteiger partial charge in [-0.15, -0.1) is 0 Å². The predicted molar refractivity (Wildman–Crippen MR) is 74.4 cm³/mol. The van der Waals surface area contributed by atoms with Crippen LogP contribution in [0, 0.1) is 0 Å². The van der Waals surface area contributed by atoms with E-state index in [1.54, 1.807) is 0 Å². The Morgan fingerprint density at radius 3 is 2.47 bits per heavy atom. The summed E-state index contributed by atoms with van der Waals surface area (Å²) >= 11 is 0. The van der Waals surface area contributed by atoms with E-state index in [0.29, 0.717) is 0 Å². The summed E-state index contributed by atoms with van der Waals surface area (Å²) in [6.07, 6.45) is 11.2. The Labute approximate surface area is 107 Å². The van der Waals surface area contributed by atoms with Crippen molar-refractivity contribution in [3.05, 3.63) is 0 Å². The average Bonchev–Trinajstić information content (AvgIpc) is 2.38. The fourth-order valence-corrected chi connectivity index (χ4v) is 3.62. The summed E-state index contributed by atoms with van der Waals surface area (Å²) in [6, 6.07) is 2.55. The maximum atomic E-state index is 3.69. The molecule has 2 fully saturated rings. The number of hydrogen-bond acceptors (Lipinski definition) is 2. The van der Waals surface area contributed by atoms with Gasteiger partial charge in [-0.1, -0.05) is 13.3 Å². The number of likely N-dealkylation sites (tertiary alicyclic amines) is 1. The number of hydrogen-bond donors (Lipinski definition) is 1. The third kappa shape index (κ3) is 3.69. The second kappa shape index (κ2) is 6.75. The van der Waals surface area contributed by atoms with E-state index in [0.717, 1.165) is 18.1 Å². The summed E-state index contributed by atoms with van der Waals surface area (Å²) in [5.41, 5.74) is 0. The summed E-state index contributed by atoms with van der Waals surface area (Å²) < 4.78 is 0. The van der Waals surface area contributed by atoms with Crippen molar-refractivity contribution >= 4 is 0 Å². The minimum absolute atomic E-state index is 0.811. The highest BCUT2D eigenvalue weighted by atomic mass is 15.2. The largest absolute Gasteiger partial charge is 0.314 e. The van der Waals surface area contributed by atoms with E-state index >= 15 is 0 Å². The minimum atomic E-state index is 0.811. The fraction of sp³-hybridized carbons (Fsp3) is 1.00.